The van der Waals surface area contributed by atoms with Crippen molar-refractivity contribution in [1.29, 1.82) is 0 Å². The molecule has 0 saturated heterocycles. The molecule has 1 aromatic carbocycles. The number of aromatic nitrogens is 1. The Morgan fingerprint density at radius 1 is 1.05 bits per heavy atom. The second-order valence-electron chi connectivity index (χ2n) is 4.91. The smallest absolute Gasteiger partial charge is 0.227 e. The molecule has 1 aromatic heterocycles. The SMILES string of the molecule is Cc1ccc(C(=O)C[n+]2ccc(N(C)C)cc2)cc1.[Cl-]. The predicted octanol–water partition coefficient (Wildman–Crippen LogP) is -0.765. The molecule has 0 atom stereocenters. The summed E-state index contributed by atoms with van der Waals surface area (Å²) in [6.45, 7) is 2.39. The highest BCUT2D eigenvalue weighted by Gasteiger charge is 2.11. The van der Waals surface area contributed by atoms with Gasteiger partial charge in [-0.05, 0) is 6.92 Å². The number of anilines is 1. The van der Waals surface area contributed by atoms with Gasteiger partial charge >= 0.3 is 0 Å². The molecule has 0 aliphatic carbocycles. The third-order valence-electron chi connectivity index (χ3n) is 3.09. The highest BCUT2D eigenvalue weighted by atomic mass is 35.5. The number of carbonyl (C=O) groups excluding carboxylic acids is 1. The van der Waals surface area contributed by atoms with Gasteiger partial charge in [-0.25, -0.2) is 0 Å². The minimum absolute atomic E-state index is 0. The number of benzene rings is 1. The molecule has 1 heterocycles. The lowest BCUT2D eigenvalue weighted by Gasteiger charge is -2.10. The van der Waals surface area contributed by atoms with Gasteiger partial charge in [-0.3, -0.25) is 4.79 Å². The van der Waals surface area contributed by atoms with Gasteiger partial charge in [0.05, 0.1) is 0 Å². The lowest BCUT2D eigenvalue weighted by Crippen LogP contribution is -3.00. The zero-order valence-electron chi connectivity index (χ0n) is 12.0. The standard InChI is InChI=1S/C16H19N2O.ClH/c1-13-4-6-14(7-5-13)16(19)12-18-10-8-15(9-11-18)17(2)3;/h4-11H,12H2,1-3H3;1H/q+1;/p-1. The predicted molar refractivity (Wildman–Crippen MR) is 76.5 cm³/mol. The molecule has 0 aliphatic heterocycles. The van der Waals surface area contributed by atoms with Crippen LogP contribution >= 0.6 is 0 Å². The fraction of sp³-hybridized carbons (Fsp3) is 0.250. The second-order valence-corrected chi connectivity index (χ2v) is 4.91. The quantitative estimate of drug-likeness (QED) is 0.546. The van der Waals surface area contributed by atoms with Crippen LogP contribution in [0.15, 0.2) is 48.8 Å². The van der Waals surface area contributed by atoms with Crippen LogP contribution in [0.25, 0.3) is 0 Å². The summed E-state index contributed by atoms with van der Waals surface area (Å²) in [5.41, 5.74) is 3.05. The molecule has 4 heteroatoms. The number of rotatable bonds is 4. The van der Waals surface area contributed by atoms with E-state index in [0.29, 0.717) is 6.54 Å². The first-order valence-corrected chi connectivity index (χ1v) is 6.32. The van der Waals surface area contributed by atoms with Gasteiger partial charge in [0.2, 0.25) is 12.3 Å². The van der Waals surface area contributed by atoms with E-state index < -0.39 is 0 Å². The first-order chi connectivity index (χ1) is 9.06. The maximum absolute atomic E-state index is 12.1. The fourth-order valence-electron chi connectivity index (χ4n) is 1.85. The van der Waals surface area contributed by atoms with Crippen molar-refractivity contribution in [3.05, 3.63) is 59.9 Å². The normalized spacial score (nSPS) is 9.75. The van der Waals surface area contributed by atoms with Gasteiger partial charge < -0.3 is 17.3 Å². The van der Waals surface area contributed by atoms with Gasteiger partial charge in [0, 0.05) is 37.5 Å². The van der Waals surface area contributed by atoms with Gasteiger partial charge in [-0.2, -0.15) is 4.57 Å². The van der Waals surface area contributed by atoms with Crippen LogP contribution in [0.5, 0.6) is 0 Å². The van der Waals surface area contributed by atoms with Gasteiger partial charge in [0.15, 0.2) is 12.4 Å². The third kappa shape index (κ3) is 4.07. The fourth-order valence-corrected chi connectivity index (χ4v) is 1.85. The summed E-state index contributed by atoms with van der Waals surface area (Å²) in [4.78, 5) is 14.1. The van der Waals surface area contributed by atoms with Crippen LogP contribution in [0.1, 0.15) is 15.9 Å². The molecular formula is C16H19ClN2O. The van der Waals surface area contributed by atoms with Crippen LogP contribution in [0.3, 0.4) is 0 Å². The Morgan fingerprint density at radius 3 is 2.10 bits per heavy atom. The summed E-state index contributed by atoms with van der Waals surface area (Å²) >= 11 is 0. The number of halogens is 1. The number of Topliss-reactive ketones (excluding diaryl/α,β-unsaturated/α-hetero) is 1. The maximum atomic E-state index is 12.1. The monoisotopic (exact) mass is 290 g/mol. The molecular weight excluding hydrogens is 272 g/mol. The van der Waals surface area contributed by atoms with E-state index in [1.165, 1.54) is 5.56 Å². The molecule has 0 unspecified atom stereocenters. The number of hydrogen-bond donors (Lipinski definition) is 0. The van der Waals surface area contributed by atoms with Crippen LogP contribution in [0.2, 0.25) is 0 Å². The average molecular weight is 291 g/mol. The minimum atomic E-state index is 0. The Labute approximate surface area is 126 Å². The van der Waals surface area contributed by atoms with Gasteiger partial charge in [-0.15, -0.1) is 0 Å². The summed E-state index contributed by atoms with van der Waals surface area (Å²) in [6, 6.07) is 11.7. The number of hydrogen-bond acceptors (Lipinski definition) is 2. The molecule has 0 radical (unpaired) electrons. The number of aryl methyl sites for hydroxylation is 1. The van der Waals surface area contributed by atoms with Crippen LogP contribution in [-0.4, -0.2) is 19.9 Å². The molecule has 3 nitrogen and oxygen atoms in total. The minimum Gasteiger partial charge on any atom is -1.00 e. The third-order valence-corrected chi connectivity index (χ3v) is 3.09. The van der Waals surface area contributed by atoms with Crippen molar-refractivity contribution < 1.29 is 21.8 Å². The number of carbonyl (C=O) groups is 1. The van der Waals surface area contributed by atoms with Crippen LogP contribution in [0.4, 0.5) is 5.69 Å². The van der Waals surface area contributed by atoms with E-state index in [9.17, 15) is 4.79 Å². The second kappa shape index (κ2) is 7.06. The Bertz CT molecular complexity index is 562. The van der Waals surface area contributed by atoms with Crippen molar-refractivity contribution in [3.8, 4) is 0 Å². The molecule has 0 bridgehead atoms. The van der Waals surface area contributed by atoms with Crippen LogP contribution in [-0.2, 0) is 6.54 Å². The molecule has 0 spiro atoms. The molecule has 0 fully saturated rings. The van der Waals surface area contributed by atoms with Crippen LogP contribution < -0.4 is 21.9 Å². The zero-order valence-corrected chi connectivity index (χ0v) is 12.8. The van der Waals surface area contributed by atoms with Crippen molar-refractivity contribution in [2.24, 2.45) is 0 Å². The molecule has 2 rings (SSSR count). The molecule has 106 valence electrons. The molecule has 0 N–H and O–H groups in total. The van der Waals surface area contributed by atoms with Crippen molar-refractivity contribution in [2.45, 2.75) is 13.5 Å². The highest BCUT2D eigenvalue weighted by molar-refractivity contribution is 5.95. The first kappa shape index (κ1) is 16.2. The molecule has 0 saturated carbocycles. The summed E-state index contributed by atoms with van der Waals surface area (Å²) in [5, 5.41) is 0. The topological polar surface area (TPSA) is 24.2 Å². The Morgan fingerprint density at radius 2 is 1.60 bits per heavy atom. The lowest BCUT2D eigenvalue weighted by atomic mass is 10.1. The lowest BCUT2D eigenvalue weighted by molar-refractivity contribution is -0.683. The highest BCUT2D eigenvalue weighted by Crippen LogP contribution is 2.07. The van der Waals surface area contributed by atoms with Gasteiger partial charge in [-0.1, -0.05) is 29.8 Å². The molecule has 0 amide bonds. The first-order valence-electron chi connectivity index (χ1n) is 6.32. The number of pyridine rings is 1. The van der Waals surface area contributed by atoms with Crippen molar-refractivity contribution in [1.82, 2.24) is 0 Å². The van der Waals surface area contributed by atoms with E-state index in [0.717, 1.165) is 11.3 Å². The summed E-state index contributed by atoms with van der Waals surface area (Å²) in [7, 11) is 3.99. The number of nitrogens with zero attached hydrogens (tertiary/aromatic N) is 2. The van der Waals surface area contributed by atoms with E-state index in [4.69, 9.17) is 0 Å². The van der Waals surface area contributed by atoms with Gasteiger partial charge in [0.25, 0.3) is 0 Å². The van der Waals surface area contributed by atoms with E-state index in [2.05, 4.69) is 0 Å². The Kier molecular flexibility index (Phi) is 5.71. The van der Waals surface area contributed by atoms with E-state index in [1.54, 1.807) is 0 Å². The summed E-state index contributed by atoms with van der Waals surface area (Å²) in [6.07, 6.45) is 3.86. The summed E-state index contributed by atoms with van der Waals surface area (Å²) in [5.74, 6) is 0.127. The molecule has 2 aromatic rings. The largest absolute Gasteiger partial charge is 1.00 e. The maximum Gasteiger partial charge on any atom is 0.227 e. The van der Waals surface area contributed by atoms with Crippen molar-refractivity contribution >= 4 is 11.5 Å². The van der Waals surface area contributed by atoms with Gasteiger partial charge in [0.1, 0.15) is 0 Å². The van der Waals surface area contributed by atoms with E-state index in [-0.39, 0.29) is 18.2 Å². The Hall–Kier alpha value is -1.87. The zero-order chi connectivity index (χ0) is 13.8. The van der Waals surface area contributed by atoms with Crippen molar-refractivity contribution in [3.63, 3.8) is 0 Å². The van der Waals surface area contributed by atoms with Crippen LogP contribution in [0, 0.1) is 6.92 Å². The summed E-state index contributed by atoms with van der Waals surface area (Å²) < 4.78 is 1.90. The Balaban J connectivity index is 0.00000200. The van der Waals surface area contributed by atoms with Crippen molar-refractivity contribution in [2.75, 3.05) is 19.0 Å². The van der Waals surface area contributed by atoms with E-state index >= 15 is 0 Å². The molecule has 0 aliphatic rings. The number of ketones is 1. The molecule has 20 heavy (non-hydrogen) atoms. The average Bonchev–Trinajstić information content (AvgIpc) is 2.40. The van der Waals surface area contributed by atoms with E-state index in [1.807, 2.05) is 79.3 Å².